The van der Waals surface area contributed by atoms with Crippen LogP contribution in [-0.4, -0.2) is 23.9 Å². The van der Waals surface area contributed by atoms with Gasteiger partial charge in [-0.1, -0.05) is 6.58 Å². The molecule has 0 aromatic rings. The summed E-state index contributed by atoms with van der Waals surface area (Å²) in [6, 6.07) is 0. The predicted molar refractivity (Wildman–Crippen MR) is 49.9 cm³/mol. The van der Waals surface area contributed by atoms with Crippen molar-refractivity contribution in [2.75, 3.05) is 7.11 Å². The number of carbonyl (C=O) groups is 1. The molecule has 0 aliphatic carbocycles. The number of carbonyl (C=O) groups excluding carboxylic acids is 1. The Bertz CT molecular complexity index is 285. The molecule has 0 aromatic carbocycles. The van der Waals surface area contributed by atoms with Gasteiger partial charge in [0, 0.05) is 0 Å². The fourth-order valence-electron chi connectivity index (χ4n) is 0.746. The number of esters is 1. The van der Waals surface area contributed by atoms with E-state index in [1.54, 1.807) is 6.92 Å². The smallest absolute Gasteiger partial charge is 0.343 e. The Morgan fingerprint density at radius 2 is 1.92 bits per heavy atom. The minimum atomic E-state index is -0.729. The number of methoxy groups -OCH3 is 1. The summed E-state index contributed by atoms with van der Waals surface area (Å²) in [7, 11) is 1.19. The molecule has 0 saturated carbocycles. The minimum Gasteiger partial charge on any atom is -0.512 e. The molecule has 0 radical (unpaired) electrons. The van der Waals surface area contributed by atoms with E-state index in [4.69, 9.17) is 10.5 Å². The van der Waals surface area contributed by atoms with E-state index in [1.165, 1.54) is 14.0 Å². The van der Waals surface area contributed by atoms with Gasteiger partial charge in [-0.15, -0.1) is 0 Å². The van der Waals surface area contributed by atoms with Gasteiger partial charge < -0.3 is 9.84 Å². The van der Waals surface area contributed by atoms with Crippen molar-refractivity contribution >= 4 is 11.7 Å². The molecule has 0 aliphatic heterocycles. The second-order valence-electron chi connectivity index (χ2n) is 2.61. The van der Waals surface area contributed by atoms with Gasteiger partial charge in [0.2, 0.25) is 0 Å². The quantitative estimate of drug-likeness (QED) is 0.302. The lowest BCUT2D eigenvalue weighted by Crippen LogP contribution is -2.16. The van der Waals surface area contributed by atoms with Crippen molar-refractivity contribution in [2.45, 2.75) is 13.8 Å². The number of hydrogen-bond acceptors (Lipinski definition) is 4. The zero-order chi connectivity index (χ0) is 10.6. The summed E-state index contributed by atoms with van der Waals surface area (Å²) in [6.07, 6.45) is 0. The molecule has 0 spiro atoms. The van der Waals surface area contributed by atoms with Crippen LogP contribution < -0.4 is 0 Å². The molecule has 0 saturated heterocycles. The summed E-state index contributed by atoms with van der Waals surface area (Å²) in [4.78, 5) is 11.1. The number of aliphatic hydroxyl groups excluding tert-OH is 1. The molecule has 4 heteroatoms. The summed E-state index contributed by atoms with van der Waals surface area (Å²) in [5.74, 6) is -0.965. The van der Waals surface area contributed by atoms with Crippen LogP contribution in [-0.2, 0) is 9.53 Å². The number of nitrogens with one attached hydrogen (secondary N) is 1. The van der Waals surface area contributed by atoms with E-state index in [-0.39, 0.29) is 17.0 Å². The molecular formula is C9H13NO3. The average Bonchev–Trinajstić information content (AvgIpc) is 2.03. The molecule has 4 nitrogen and oxygen atoms in total. The Hall–Kier alpha value is -1.58. The Morgan fingerprint density at radius 3 is 2.15 bits per heavy atom. The molecule has 0 atom stereocenters. The molecule has 0 fully saturated rings. The normalized spacial score (nSPS) is 11.6. The molecule has 0 aliphatic rings. The van der Waals surface area contributed by atoms with Crippen molar-refractivity contribution in [3.8, 4) is 0 Å². The van der Waals surface area contributed by atoms with Crippen molar-refractivity contribution in [1.29, 1.82) is 5.41 Å². The van der Waals surface area contributed by atoms with Gasteiger partial charge in [-0.25, -0.2) is 4.79 Å². The predicted octanol–water partition coefficient (Wildman–Crippen LogP) is 1.59. The second-order valence-corrected chi connectivity index (χ2v) is 2.61. The maximum absolute atomic E-state index is 11.1. The van der Waals surface area contributed by atoms with E-state index in [2.05, 4.69) is 11.3 Å². The van der Waals surface area contributed by atoms with Crippen molar-refractivity contribution in [3.63, 3.8) is 0 Å². The van der Waals surface area contributed by atoms with Crippen molar-refractivity contribution in [1.82, 2.24) is 0 Å². The number of hydrogen-bond donors (Lipinski definition) is 2. The van der Waals surface area contributed by atoms with Gasteiger partial charge in [-0.3, -0.25) is 5.41 Å². The summed E-state index contributed by atoms with van der Waals surface area (Å²) in [5, 5.41) is 16.6. The highest BCUT2D eigenvalue weighted by Crippen LogP contribution is 2.10. The number of ether oxygens (including phenoxy) is 1. The first-order chi connectivity index (χ1) is 5.91. The van der Waals surface area contributed by atoms with Gasteiger partial charge in [-0.05, 0) is 19.4 Å². The zero-order valence-electron chi connectivity index (χ0n) is 7.97. The Kier molecular flexibility index (Phi) is 3.91. The first kappa shape index (κ1) is 11.4. The van der Waals surface area contributed by atoms with E-state index < -0.39 is 5.97 Å². The van der Waals surface area contributed by atoms with Gasteiger partial charge in [0.05, 0.1) is 12.8 Å². The standard InChI is InChI=1S/C9H13NO3/c1-5(2)8(10)7(6(3)11)9(12)13-4/h10-11H,1H2,2-4H3/b7-6-,10-8?. The summed E-state index contributed by atoms with van der Waals surface area (Å²) < 4.78 is 4.41. The van der Waals surface area contributed by atoms with E-state index in [9.17, 15) is 4.79 Å². The molecule has 0 amide bonds. The summed E-state index contributed by atoms with van der Waals surface area (Å²) in [6.45, 7) is 6.40. The first-order valence-corrected chi connectivity index (χ1v) is 3.64. The first-order valence-electron chi connectivity index (χ1n) is 3.64. The Morgan fingerprint density at radius 1 is 1.46 bits per heavy atom. The fraction of sp³-hybridized carbons (Fsp3) is 0.333. The maximum atomic E-state index is 11.1. The topological polar surface area (TPSA) is 70.4 Å². The third-order valence-electron chi connectivity index (χ3n) is 1.43. The van der Waals surface area contributed by atoms with Crippen LogP contribution in [0.15, 0.2) is 23.5 Å². The molecule has 0 bridgehead atoms. The molecular weight excluding hydrogens is 170 g/mol. The zero-order valence-corrected chi connectivity index (χ0v) is 7.97. The van der Waals surface area contributed by atoms with Crippen molar-refractivity contribution < 1.29 is 14.6 Å². The van der Waals surface area contributed by atoms with Gasteiger partial charge >= 0.3 is 5.97 Å². The van der Waals surface area contributed by atoms with Crippen molar-refractivity contribution in [2.24, 2.45) is 0 Å². The van der Waals surface area contributed by atoms with Gasteiger partial charge in [0.1, 0.15) is 11.3 Å². The van der Waals surface area contributed by atoms with Crippen molar-refractivity contribution in [3.05, 3.63) is 23.5 Å². The maximum Gasteiger partial charge on any atom is 0.343 e. The van der Waals surface area contributed by atoms with Gasteiger partial charge in [-0.2, -0.15) is 0 Å². The Labute approximate surface area is 77.0 Å². The molecule has 0 unspecified atom stereocenters. The summed E-state index contributed by atoms with van der Waals surface area (Å²) >= 11 is 0. The average molecular weight is 183 g/mol. The van der Waals surface area contributed by atoms with Gasteiger partial charge in [0.15, 0.2) is 0 Å². The lowest BCUT2D eigenvalue weighted by atomic mass is 10.0. The van der Waals surface area contributed by atoms with E-state index in [0.29, 0.717) is 5.57 Å². The second kappa shape index (κ2) is 4.45. The lowest BCUT2D eigenvalue weighted by molar-refractivity contribution is -0.135. The highest BCUT2D eigenvalue weighted by Gasteiger charge is 2.18. The third-order valence-corrected chi connectivity index (χ3v) is 1.43. The summed E-state index contributed by atoms with van der Waals surface area (Å²) in [5.41, 5.74) is 0.149. The highest BCUT2D eigenvalue weighted by molar-refractivity contribution is 6.25. The SMILES string of the molecule is C=C(C)C(=N)/C(C(=O)OC)=C(\C)O. The van der Waals surface area contributed by atoms with Crippen LogP contribution in [0.3, 0.4) is 0 Å². The number of allylic oxidation sites excluding steroid dienone is 2. The van der Waals surface area contributed by atoms with Gasteiger partial charge in [0.25, 0.3) is 0 Å². The molecule has 0 aromatic heterocycles. The van der Waals surface area contributed by atoms with Crippen LogP contribution in [0.5, 0.6) is 0 Å². The van der Waals surface area contributed by atoms with Crippen LogP contribution in [0.2, 0.25) is 0 Å². The van der Waals surface area contributed by atoms with Crippen LogP contribution in [0.4, 0.5) is 0 Å². The Balaban J connectivity index is 5.09. The lowest BCUT2D eigenvalue weighted by Gasteiger charge is -2.07. The molecule has 0 heterocycles. The van der Waals surface area contributed by atoms with Crippen LogP contribution in [0.25, 0.3) is 0 Å². The minimum absolute atomic E-state index is 0.105. The number of aliphatic hydroxyl groups is 1. The third kappa shape index (κ3) is 2.74. The van der Waals surface area contributed by atoms with E-state index >= 15 is 0 Å². The fourth-order valence-corrected chi connectivity index (χ4v) is 0.746. The molecule has 72 valence electrons. The van der Waals surface area contributed by atoms with E-state index in [1.807, 2.05) is 0 Å². The largest absolute Gasteiger partial charge is 0.512 e. The van der Waals surface area contributed by atoms with Crippen LogP contribution in [0, 0.1) is 5.41 Å². The molecule has 0 rings (SSSR count). The molecule has 2 N–H and O–H groups in total. The highest BCUT2D eigenvalue weighted by atomic mass is 16.5. The number of rotatable bonds is 3. The monoisotopic (exact) mass is 183 g/mol. The van der Waals surface area contributed by atoms with E-state index in [0.717, 1.165) is 0 Å². The molecule has 13 heavy (non-hydrogen) atoms. The van der Waals surface area contributed by atoms with Crippen LogP contribution >= 0.6 is 0 Å². The van der Waals surface area contributed by atoms with Crippen LogP contribution in [0.1, 0.15) is 13.8 Å².